The maximum Gasteiger partial charge on any atom is 0.258 e. The van der Waals surface area contributed by atoms with Gasteiger partial charge in [0.25, 0.3) is 11.8 Å². The second-order valence-electron chi connectivity index (χ2n) is 5.14. The van der Waals surface area contributed by atoms with Crippen molar-refractivity contribution in [2.75, 3.05) is 26.9 Å². The number of ether oxygens (including phenoxy) is 3. The second kappa shape index (κ2) is 9.53. The molecule has 0 aliphatic rings. The molecule has 0 spiro atoms. The Hall–Kier alpha value is -2.93. The van der Waals surface area contributed by atoms with Gasteiger partial charge in [0, 0.05) is 5.02 Å². The topological polar surface area (TPSA) is 99.9 Å². The average molecular weight is 379 g/mol. The maximum atomic E-state index is 11.8. The standard InChI is InChI=1S/C18H19ClN2O5/c1-24-15-4-2-3-5-16(15)25-9-8-21-17(22)11-26-14-7-6-12(19)10-13(14)18(20)23/h2-7,10H,8-9,11H2,1H3,(H2,20,23)(H,21,22). The number of rotatable bonds is 9. The van der Waals surface area contributed by atoms with Crippen molar-refractivity contribution in [1.82, 2.24) is 5.32 Å². The minimum atomic E-state index is -0.687. The molecule has 0 saturated carbocycles. The first kappa shape index (κ1) is 19.4. The first-order valence-corrected chi connectivity index (χ1v) is 8.13. The number of methoxy groups -OCH3 is 1. The summed E-state index contributed by atoms with van der Waals surface area (Å²) in [6.07, 6.45) is 0. The van der Waals surface area contributed by atoms with E-state index in [1.54, 1.807) is 25.3 Å². The Kier molecular flexibility index (Phi) is 7.11. The summed E-state index contributed by atoms with van der Waals surface area (Å²) in [5.41, 5.74) is 5.38. The smallest absolute Gasteiger partial charge is 0.258 e. The van der Waals surface area contributed by atoms with E-state index in [2.05, 4.69) is 5.32 Å². The van der Waals surface area contributed by atoms with Crippen LogP contribution >= 0.6 is 11.6 Å². The van der Waals surface area contributed by atoms with Gasteiger partial charge in [-0.05, 0) is 30.3 Å². The molecule has 8 heteroatoms. The highest BCUT2D eigenvalue weighted by molar-refractivity contribution is 6.31. The van der Waals surface area contributed by atoms with Crippen LogP contribution in [0.4, 0.5) is 0 Å². The van der Waals surface area contributed by atoms with Crippen LogP contribution in [0, 0.1) is 0 Å². The number of para-hydroxylation sites is 2. The van der Waals surface area contributed by atoms with Crippen molar-refractivity contribution in [3.63, 3.8) is 0 Å². The number of carbonyl (C=O) groups is 2. The Balaban J connectivity index is 1.77. The fourth-order valence-corrected chi connectivity index (χ4v) is 2.28. The van der Waals surface area contributed by atoms with Crippen molar-refractivity contribution in [1.29, 1.82) is 0 Å². The lowest BCUT2D eigenvalue weighted by atomic mass is 10.2. The van der Waals surface area contributed by atoms with Crippen LogP contribution in [0.2, 0.25) is 5.02 Å². The molecule has 2 aromatic rings. The summed E-state index contributed by atoms with van der Waals surface area (Å²) in [6, 6.07) is 11.6. The van der Waals surface area contributed by atoms with E-state index in [0.29, 0.717) is 16.5 Å². The molecule has 0 fully saturated rings. The lowest BCUT2D eigenvalue weighted by Crippen LogP contribution is -2.32. The third-order valence-corrected chi connectivity index (χ3v) is 3.55. The van der Waals surface area contributed by atoms with E-state index in [0.717, 1.165) is 0 Å². The lowest BCUT2D eigenvalue weighted by molar-refractivity contribution is -0.123. The predicted octanol–water partition coefficient (Wildman–Crippen LogP) is 2.02. The number of nitrogens with one attached hydrogen (secondary N) is 1. The Morgan fingerprint density at radius 2 is 1.81 bits per heavy atom. The molecule has 2 rings (SSSR count). The number of amides is 2. The molecular weight excluding hydrogens is 360 g/mol. The van der Waals surface area contributed by atoms with Crippen molar-refractivity contribution in [2.45, 2.75) is 0 Å². The summed E-state index contributed by atoms with van der Waals surface area (Å²) in [4.78, 5) is 23.2. The number of benzene rings is 2. The maximum absolute atomic E-state index is 11.8. The van der Waals surface area contributed by atoms with Gasteiger partial charge >= 0.3 is 0 Å². The molecule has 26 heavy (non-hydrogen) atoms. The van der Waals surface area contributed by atoms with Crippen LogP contribution in [0.1, 0.15) is 10.4 Å². The van der Waals surface area contributed by atoms with E-state index in [-0.39, 0.29) is 37.0 Å². The molecule has 0 aliphatic heterocycles. The normalized spacial score (nSPS) is 10.1. The SMILES string of the molecule is COc1ccccc1OCCNC(=O)COc1ccc(Cl)cc1C(N)=O. The molecule has 7 nitrogen and oxygen atoms in total. The van der Waals surface area contributed by atoms with Crippen LogP contribution in [0.15, 0.2) is 42.5 Å². The molecular formula is C18H19ClN2O5. The number of carbonyl (C=O) groups excluding carboxylic acids is 2. The third-order valence-electron chi connectivity index (χ3n) is 3.32. The zero-order valence-corrected chi connectivity index (χ0v) is 14.9. The summed E-state index contributed by atoms with van der Waals surface area (Å²) in [5.74, 6) is 0.353. The highest BCUT2D eigenvalue weighted by Crippen LogP contribution is 2.25. The first-order chi connectivity index (χ1) is 12.5. The summed E-state index contributed by atoms with van der Waals surface area (Å²) in [6.45, 7) is 0.277. The van der Waals surface area contributed by atoms with E-state index in [4.69, 9.17) is 31.5 Å². The van der Waals surface area contributed by atoms with Gasteiger partial charge in [0.15, 0.2) is 18.1 Å². The van der Waals surface area contributed by atoms with Crippen LogP contribution < -0.4 is 25.3 Å². The zero-order valence-electron chi connectivity index (χ0n) is 14.2. The number of nitrogens with two attached hydrogens (primary N) is 1. The fourth-order valence-electron chi connectivity index (χ4n) is 2.10. The van der Waals surface area contributed by atoms with Crippen LogP contribution in [-0.4, -0.2) is 38.7 Å². The highest BCUT2D eigenvalue weighted by Gasteiger charge is 2.12. The molecule has 138 valence electrons. The molecule has 2 aromatic carbocycles. The van der Waals surface area contributed by atoms with Gasteiger partial charge in [-0.25, -0.2) is 0 Å². The predicted molar refractivity (Wildman–Crippen MR) is 97.0 cm³/mol. The van der Waals surface area contributed by atoms with Gasteiger partial charge in [0.2, 0.25) is 0 Å². The van der Waals surface area contributed by atoms with Crippen LogP contribution in [0.5, 0.6) is 17.2 Å². The van der Waals surface area contributed by atoms with Crippen LogP contribution in [-0.2, 0) is 4.79 Å². The van der Waals surface area contributed by atoms with Gasteiger partial charge in [-0.15, -0.1) is 0 Å². The van der Waals surface area contributed by atoms with Crippen molar-refractivity contribution < 1.29 is 23.8 Å². The number of hydrogen-bond donors (Lipinski definition) is 2. The van der Waals surface area contributed by atoms with Crippen molar-refractivity contribution >= 4 is 23.4 Å². The largest absolute Gasteiger partial charge is 0.493 e. The Bertz CT molecular complexity index is 782. The molecule has 0 unspecified atom stereocenters. The number of primary amides is 1. The van der Waals surface area contributed by atoms with E-state index in [9.17, 15) is 9.59 Å². The zero-order chi connectivity index (χ0) is 18.9. The average Bonchev–Trinajstić information content (AvgIpc) is 2.64. The van der Waals surface area contributed by atoms with Gasteiger partial charge in [-0.2, -0.15) is 0 Å². The molecule has 0 saturated heterocycles. The molecule has 0 aromatic heterocycles. The quantitative estimate of drug-likeness (QED) is 0.650. The van der Waals surface area contributed by atoms with E-state index >= 15 is 0 Å². The Labute approximate surface area is 156 Å². The van der Waals surface area contributed by atoms with E-state index in [1.165, 1.54) is 12.1 Å². The number of hydrogen-bond acceptors (Lipinski definition) is 5. The number of halogens is 1. The van der Waals surface area contributed by atoms with E-state index in [1.807, 2.05) is 12.1 Å². The van der Waals surface area contributed by atoms with Gasteiger partial charge in [0.05, 0.1) is 19.2 Å². The van der Waals surface area contributed by atoms with Crippen molar-refractivity contribution in [3.05, 3.63) is 53.1 Å². The van der Waals surface area contributed by atoms with Crippen molar-refractivity contribution in [3.8, 4) is 17.2 Å². The first-order valence-electron chi connectivity index (χ1n) is 7.76. The highest BCUT2D eigenvalue weighted by atomic mass is 35.5. The Morgan fingerprint density at radius 1 is 1.08 bits per heavy atom. The second-order valence-corrected chi connectivity index (χ2v) is 5.58. The molecule has 0 heterocycles. The molecule has 0 bridgehead atoms. The van der Waals surface area contributed by atoms with Gasteiger partial charge in [-0.3, -0.25) is 9.59 Å². The summed E-state index contributed by atoms with van der Waals surface area (Å²) >= 11 is 5.81. The Morgan fingerprint density at radius 3 is 2.50 bits per heavy atom. The third kappa shape index (κ3) is 5.56. The molecule has 0 aliphatic carbocycles. The van der Waals surface area contributed by atoms with Gasteiger partial charge in [-0.1, -0.05) is 23.7 Å². The fraction of sp³-hybridized carbons (Fsp3) is 0.222. The lowest BCUT2D eigenvalue weighted by Gasteiger charge is -2.12. The summed E-state index contributed by atoms with van der Waals surface area (Å²) < 4.78 is 16.1. The van der Waals surface area contributed by atoms with Crippen LogP contribution in [0.3, 0.4) is 0 Å². The summed E-state index contributed by atoms with van der Waals surface area (Å²) in [7, 11) is 1.55. The minimum Gasteiger partial charge on any atom is -0.493 e. The van der Waals surface area contributed by atoms with Crippen molar-refractivity contribution in [2.24, 2.45) is 5.73 Å². The molecule has 0 atom stereocenters. The minimum absolute atomic E-state index is 0.116. The van der Waals surface area contributed by atoms with Crippen LogP contribution in [0.25, 0.3) is 0 Å². The van der Waals surface area contributed by atoms with Gasteiger partial charge in [0.1, 0.15) is 12.4 Å². The molecule has 2 amide bonds. The molecule has 3 N–H and O–H groups in total. The molecule has 0 radical (unpaired) electrons. The summed E-state index contributed by atoms with van der Waals surface area (Å²) in [5, 5.41) is 3.00. The monoisotopic (exact) mass is 378 g/mol. The van der Waals surface area contributed by atoms with Gasteiger partial charge < -0.3 is 25.3 Å². The van der Waals surface area contributed by atoms with E-state index < -0.39 is 5.91 Å².